The van der Waals surface area contributed by atoms with Gasteiger partial charge in [-0.25, -0.2) is 0 Å². The van der Waals surface area contributed by atoms with Crippen LogP contribution in [0.25, 0.3) is 0 Å². The molecule has 1 amide bonds. The molecule has 1 fully saturated rings. The van der Waals surface area contributed by atoms with Crippen LogP contribution in [0.15, 0.2) is 33.1 Å². The zero-order valence-corrected chi connectivity index (χ0v) is 13.6. The Bertz CT molecular complexity index is 661. The maximum absolute atomic E-state index is 12.1. The maximum Gasteiger partial charge on any atom is 0.287 e. The van der Waals surface area contributed by atoms with Crippen LogP contribution in [-0.2, 0) is 4.74 Å². The lowest BCUT2D eigenvalue weighted by molar-refractivity contribution is 0.0116. The Labute approximate surface area is 139 Å². The van der Waals surface area contributed by atoms with Crippen LogP contribution >= 0.6 is 11.6 Å². The van der Waals surface area contributed by atoms with Gasteiger partial charge in [0.15, 0.2) is 11.0 Å². The second-order valence-electron chi connectivity index (χ2n) is 5.43. The highest BCUT2D eigenvalue weighted by Crippen LogP contribution is 2.23. The third-order valence-corrected chi connectivity index (χ3v) is 4.03. The lowest BCUT2D eigenvalue weighted by Crippen LogP contribution is -2.43. The van der Waals surface area contributed by atoms with E-state index in [1.807, 2.05) is 19.1 Å². The summed E-state index contributed by atoms with van der Waals surface area (Å²) in [5, 5.41) is 3.08. The predicted octanol–water partition coefficient (Wildman–Crippen LogP) is 2.64. The van der Waals surface area contributed by atoms with Crippen molar-refractivity contribution in [1.82, 2.24) is 10.2 Å². The minimum absolute atomic E-state index is 0.0398. The van der Waals surface area contributed by atoms with Crippen molar-refractivity contribution in [3.8, 4) is 0 Å². The molecule has 1 aliphatic heterocycles. The summed E-state index contributed by atoms with van der Waals surface area (Å²) < 4.78 is 16.3. The van der Waals surface area contributed by atoms with E-state index >= 15 is 0 Å². The zero-order valence-electron chi connectivity index (χ0n) is 12.9. The first-order valence-corrected chi connectivity index (χ1v) is 7.93. The molecular formula is C16H19ClN2O4. The van der Waals surface area contributed by atoms with Gasteiger partial charge in [0.1, 0.15) is 11.5 Å². The first kappa shape index (κ1) is 16.1. The molecule has 2 aromatic heterocycles. The number of nitrogens with one attached hydrogen (secondary N) is 1. The Hall–Kier alpha value is -1.76. The maximum atomic E-state index is 12.1. The van der Waals surface area contributed by atoms with Crippen LogP contribution in [0.4, 0.5) is 0 Å². The van der Waals surface area contributed by atoms with Gasteiger partial charge in [-0.1, -0.05) is 0 Å². The number of ether oxygens (including phenoxy) is 1. The predicted molar refractivity (Wildman–Crippen MR) is 84.6 cm³/mol. The summed E-state index contributed by atoms with van der Waals surface area (Å²) in [6, 6.07) is 6.94. The van der Waals surface area contributed by atoms with Gasteiger partial charge in [0.25, 0.3) is 5.91 Å². The lowest BCUT2D eigenvalue weighted by atomic mass is 10.1. The van der Waals surface area contributed by atoms with E-state index in [2.05, 4.69) is 10.2 Å². The second kappa shape index (κ2) is 7.21. The van der Waals surface area contributed by atoms with Gasteiger partial charge < -0.3 is 18.9 Å². The number of hydrogen-bond donors (Lipinski definition) is 1. The average molecular weight is 339 g/mol. The molecule has 0 aliphatic carbocycles. The normalized spacial score (nSPS) is 17.1. The highest BCUT2D eigenvalue weighted by Gasteiger charge is 2.26. The Kier molecular flexibility index (Phi) is 5.05. The van der Waals surface area contributed by atoms with Gasteiger partial charge in [-0.2, -0.15) is 0 Å². The van der Waals surface area contributed by atoms with Crippen molar-refractivity contribution in [2.24, 2.45) is 0 Å². The van der Waals surface area contributed by atoms with Crippen LogP contribution < -0.4 is 5.32 Å². The van der Waals surface area contributed by atoms with Gasteiger partial charge in [-0.15, -0.1) is 0 Å². The molecule has 3 heterocycles. The Morgan fingerprint density at radius 1 is 1.26 bits per heavy atom. The van der Waals surface area contributed by atoms with E-state index in [9.17, 15) is 4.79 Å². The molecule has 7 heteroatoms. The van der Waals surface area contributed by atoms with Gasteiger partial charge in [0.2, 0.25) is 0 Å². The average Bonchev–Trinajstić information content (AvgIpc) is 3.17. The van der Waals surface area contributed by atoms with Crippen LogP contribution in [0.1, 0.15) is 28.1 Å². The number of furan rings is 2. The molecule has 3 rings (SSSR count). The van der Waals surface area contributed by atoms with Crippen molar-refractivity contribution >= 4 is 17.5 Å². The molecule has 1 atom stereocenters. The summed E-state index contributed by atoms with van der Waals surface area (Å²) in [7, 11) is 0. The smallest absolute Gasteiger partial charge is 0.287 e. The number of carbonyl (C=O) groups excluding carboxylic acids is 1. The van der Waals surface area contributed by atoms with Crippen LogP contribution in [0.2, 0.25) is 5.22 Å². The van der Waals surface area contributed by atoms with Gasteiger partial charge in [-0.05, 0) is 42.8 Å². The molecule has 23 heavy (non-hydrogen) atoms. The molecular weight excluding hydrogens is 320 g/mol. The number of hydrogen-bond acceptors (Lipinski definition) is 5. The molecule has 1 aliphatic rings. The molecule has 1 N–H and O–H groups in total. The van der Waals surface area contributed by atoms with E-state index in [1.165, 1.54) is 0 Å². The highest BCUT2D eigenvalue weighted by molar-refractivity contribution is 6.29. The number of morpholine rings is 1. The van der Waals surface area contributed by atoms with Gasteiger partial charge in [-0.3, -0.25) is 9.69 Å². The lowest BCUT2D eigenvalue weighted by Gasteiger charge is -2.33. The zero-order chi connectivity index (χ0) is 16.2. The van der Waals surface area contributed by atoms with Crippen LogP contribution in [0.5, 0.6) is 0 Å². The fourth-order valence-electron chi connectivity index (χ4n) is 2.64. The third-order valence-electron chi connectivity index (χ3n) is 3.83. The van der Waals surface area contributed by atoms with Crippen molar-refractivity contribution in [2.75, 3.05) is 32.8 Å². The van der Waals surface area contributed by atoms with Crippen molar-refractivity contribution in [3.63, 3.8) is 0 Å². The topological polar surface area (TPSA) is 67.9 Å². The SMILES string of the molecule is Cc1ccc(C(CNC(=O)c2ccc(Cl)o2)N2CCOCC2)o1. The van der Waals surface area contributed by atoms with Gasteiger partial charge in [0, 0.05) is 19.6 Å². The Morgan fingerprint density at radius 2 is 2.04 bits per heavy atom. The summed E-state index contributed by atoms with van der Waals surface area (Å²) in [6.07, 6.45) is 0. The Morgan fingerprint density at radius 3 is 2.65 bits per heavy atom. The van der Waals surface area contributed by atoms with Crippen LogP contribution in [-0.4, -0.2) is 43.7 Å². The van der Waals surface area contributed by atoms with Crippen LogP contribution in [0.3, 0.4) is 0 Å². The first-order valence-electron chi connectivity index (χ1n) is 7.55. The molecule has 2 aromatic rings. The van der Waals surface area contributed by atoms with Gasteiger partial charge >= 0.3 is 0 Å². The van der Waals surface area contributed by atoms with E-state index in [0.29, 0.717) is 19.8 Å². The highest BCUT2D eigenvalue weighted by atomic mass is 35.5. The summed E-state index contributed by atoms with van der Waals surface area (Å²) >= 11 is 5.70. The second-order valence-corrected chi connectivity index (χ2v) is 5.80. The largest absolute Gasteiger partial charge is 0.465 e. The molecule has 1 saturated heterocycles. The van der Waals surface area contributed by atoms with Crippen molar-refractivity contribution in [2.45, 2.75) is 13.0 Å². The summed E-state index contributed by atoms with van der Waals surface area (Å²) in [4.78, 5) is 14.4. The van der Waals surface area contributed by atoms with Crippen molar-refractivity contribution in [1.29, 1.82) is 0 Å². The summed E-state index contributed by atoms with van der Waals surface area (Å²) in [5.41, 5.74) is 0. The Balaban J connectivity index is 1.69. The molecule has 1 unspecified atom stereocenters. The minimum atomic E-state index is -0.293. The van der Waals surface area contributed by atoms with E-state index in [1.54, 1.807) is 12.1 Å². The number of halogens is 1. The standard InChI is InChI=1S/C16H19ClN2O4/c1-11-2-3-13(22-11)12(19-6-8-21-9-7-19)10-18-16(20)14-4-5-15(17)23-14/h2-5,12H,6-10H2,1H3,(H,18,20). The molecule has 124 valence electrons. The van der Waals surface area contributed by atoms with Gasteiger partial charge in [0.05, 0.1) is 19.3 Å². The first-order chi connectivity index (χ1) is 11.1. The van der Waals surface area contributed by atoms with E-state index < -0.39 is 0 Å². The molecule has 0 radical (unpaired) electrons. The van der Waals surface area contributed by atoms with Crippen molar-refractivity contribution < 1.29 is 18.4 Å². The quantitative estimate of drug-likeness (QED) is 0.907. The molecule has 6 nitrogen and oxygen atoms in total. The third kappa shape index (κ3) is 3.96. The molecule has 0 saturated carbocycles. The molecule has 0 spiro atoms. The minimum Gasteiger partial charge on any atom is -0.465 e. The van der Waals surface area contributed by atoms with Crippen molar-refractivity contribution in [3.05, 3.63) is 46.8 Å². The molecule has 0 aromatic carbocycles. The molecule has 0 bridgehead atoms. The van der Waals surface area contributed by atoms with E-state index in [-0.39, 0.29) is 22.9 Å². The summed E-state index contributed by atoms with van der Waals surface area (Å²) in [5.74, 6) is 1.59. The number of carbonyl (C=O) groups is 1. The number of aryl methyl sites for hydroxylation is 1. The number of rotatable bonds is 5. The fraction of sp³-hybridized carbons (Fsp3) is 0.438. The summed E-state index contributed by atoms with van der Waals surface area (Å²) in [6.45, 7) is 5.28. The number of amides is 1. The van der Waals surface area contributed by atoms with E-state index in [4.69, 9.17) is 25.2 Å². The van der Waals surface area contributed by atoms with E-state index in [0.717, 1.165) is 24.6 Å². The fourth-order valence-corrected chi connectivity index (χ4v) is 2.79. The number of nitrogens with zero attached hydrogens (tertiary/aromatic N) is 1. The van der Waals surface area contributed by atoms with Crippen LogP contribution in [0, 0.1) is 6.92 Å². The monoisotopic (exact) mass is 338 g/mol.